The molecule has 36 valence electrons. The summed E-state index contributed by atoms with van der Waals surface area (Å²) in [6.45, 7) is 0. The van der Waals surface area contributed by atoms with Gasteiger partial charge in [0.25, 0.3) is 0 Å². The summed E-state index contributed by atoms with van der Waals surface area (Å²) >= 11 is 3.28. The normalized spacial score (nSPS) is 7.62. The summed E-state index contributed by atoms with van der Waals surface area (Å²) in [6, 6.07) is 10.6. The third kappa shape index (κ3) is 3.52. The van der Waals surface area contributed by atoms with Gasteiger partial charge in [0, 0.05) is 0 Å². The molecule has 2 heteroatoms. The second kappa shape index (κ2) is 5.30. The average molecular weight is 241 g/mol. The standard InChI is InChI=1S/C6H4Br.Rb/c7-6-4-2-1-3-5-6;/h1-2,4-5H;/q-1;+1. The molecule has 0 nitrogen and oxygen atoms in total. The van der Waals surface area contributed by atoms with Crippen LogP contribution in [-0.2, 0) is 0 Å². The van der Waals surface area contributed by atoms with Crippen molar-refractivity contribution in [3.8, 4) is 0 Å². The van der Waals surface area contributed by atoms with Gasteiger partial charge in [-0.25, -0.2) is 0 Å². The van der Waals surface area contributed by atoms with Gasteiger partial charge >= 0.3 is 58.2 Å². The summed E-state index contributed by atoms with van der Waals surface area (Å²) in [7, 11) is 0. The van der Waals surface area contributed by atoms with E-state index in [-0.39, 0.29) is 58.2 Å². The summed E-state index contributed by atoms with van der Waals surface area (Å²) in [4.78, 5) is 0. The van der Waals surface area contributed by atoms with Crippen LogP contribution < -0.4 is 58.2 Å². The number of benzene rings is 1. The maximum absolute atomic E-state index is 3.28. The zero-order valence-electron chi connectivity index (χ0n) is 4.69. The van der Waals surface area contributed by atoms with Crippen molar-refractivity contribution in [3.63, 3.8) is 0 Å². The molecule has 0 radical (unpaired) electrons. The van der Waals surface area contributed by atoms with E-state index in [9.17, 15) is 0 Å². The first-order chi connectivity index (χ1) is 3.39. The predicted octanol–water partition coefficient (Wildman–Crippen LogP) is -0.747. The molecule has 0 N–H and O–H groups in total. The van der Waals surface area contributed by atoms with Crippen LogP contribution in [0.5, 0.6) is 0 Å². The van der Waals surface area contributed by atoms with E-state index in [0.717, 1.165) is 4.47 Å². The second-order valence-electron chi connectivity index (χ2n) is 1.22. The first-order valence-electron chi connectivity index (χ1n) is 2.01. The molecule has 8 heavy (non-hydrogen) atoms. The summed E-state index contributed by atoms with van der Waals surface area (Å²) in [5.41, 5.74) is 0. The summed E-state index contributed by atoms with van der Waals surface area (Å²) in [5.74, 6) is 0. The van der Waals surface area contributed by atoms with Crippen LogP contribution in [0.1, 0.15) is 0 Å². The van der Waals surface area contributed by atoms with Gasteiger partial charge in [0.05, 0.1) is 0 Å². The first-order valence-corrected chi connectivity index (χ1v) is 2.80. The molecular weight excluding hydrogens is 237 g/mol. The molecule has 0 saturated heterocycles. The molecule has 0 aromatic heterocycles. The van der Waals surface area contributed by atoms with Crippen molar-refractivity contribution in [1.29, 1.82) is 0 Å². The molecule has 0 unspecified atom stereocenters. The minimum Gasteiger partial charge on any atom is -0.183 e. The summed E-state index contributed by atoms with van der Waals surface area (Å²) in [5, 5.41) is 0. The number of hydrogen-bond donors (Lipinski definition) is 0. The average Bonchev–Trinajstić information content (AvgIpc) is 1.69. The minimum atomic E-state index is 0. The van der Waals surface area contributed by atoms with Crippen LogP contribution in [0.2, 0.25) is 0 Å². The van der Waals surface area contributed by atoms with Crippen molar-refractivity contribution >= 4 is 15.9 Å². The van der Waals surface area contributed by atoms with Gasteiger partial charge in [0.2, 0.25) is 0 Å². The molecule has 0 aliphatic rings. The van der Waals surface area contributed by atoms with Crippen LogP contribution in [0.15, 0.2) is 28.7 Å². The van der Waals surface area contributed by atoms with E-state index in [1.54, 1.807) is 0 Å². The largest absolute Gasteiger partial charge is 1.00 e. The zero-order valence-corrected chi connectivity index (χ0v) is 11.2. The topological polar surface area (TPSA) is 0 Å². The minimum absolute atomic E-state index is 0. The Morgan fingerprint density at radius 3 is 2.50 bits per heavy atom. The third-order valence-corrected chi connectivity index (χ3v) is 1.16. The fourth-order valence-electron chi connectivity index (χ4n) is 0.371. The van der Waals surface area contributed by atoms with Crippen LogP contribution in [-0.4, -0.2) is 0 Å². The van der Waals surface area contributed by atoms with Crippen LogP contribution in [0.25, 0.3) is 0 Å². The smallest absolute Gasteiger partial charge is 0.183 e. The van der Waals surface area contributed by atoms with Crippen molar-refractivity contribution in [2.24, 2.45) is 0 Å². The van der Waals surface area contributed by atoms with Gasteiger partial charge in [-0.1, -0.05) is 4.47 Å². The van der Waals surface area contributed by atoms with Crippen molar-refractivity contribution in [1.82, 2.24) is 0 Å². The van der Waals surface area contributed by atoms with Crippen molar-refractivity contribution < 1.29 is 58.2 Å². The Morgan fingerprint density at radius 1 is 1.50 bits per heavy atom. The molecule has 0 aliphatic heterocycles. The fraction of sp³-hybridized carbons (Fsp3) is 0. The Kier molecular flexibility index (Phi) is 6.30. The maximum Gasteiger partial charge on any atom is 1.00 e. The molecule has 0 atom stereocenters. The summed E-state index contributed by atoms with van der Waals surface area (Å²) < 4.78 is 1.08. The number of hydrogen-bond acceptors (Lipinski definition) is 0. The Morgan fingerprint density at radius 2 is 2.25 bits per heavy atom. The molecular formula is C6H4BrRb. The second-order valence-corrected chi connectivity index (χ2v) is 2.14. The van der Waals surface area contributed by atoms with Gasteiger partial charge in [0.15, 0.2) is 0 Å². The third-order valence-electron chi connectivity index (χ3n) is 0.669. The van der Waals surface area contributed by atoms with E-state index in [1.807, 2.05) is 24.3 Å². The van der Waals surface area contributed by atoms with E-state index in [1.165, 1.54) is 0 Å². The Hall–Kier alpha value is 1.51. The van der Waals surface area contributed by atoms with E-state index in [0.29, 0.717) is 0 Å². The van der Waals surface area contributed by atoms with Crippen molar-refractivity contribution in [2.45, 2.75) is 0 Å². The van der Waals surface area contributed by atoms with Gasteiger partial charge in [-0.15, -0.1) is 15.9 Å². The molecule has 1 rings (SSSR count). The van der Waals surface area contributed by atoms with Crippen molar-refractivity contribution in [3.05, 3.63) is 34.8 Å². The number of rotatable bonds is 0. The molecule has 0 spiro atoms. The molecule has 0 saturated carbocycles. The monoisotopic (exact) mass is 240 g/mol. The maximum atomic E-state index is 3.28. The van der Waals surface area contributed by atoms with Crippen molar-refractivity contribution in [2.75, 3.05) is 0 Å². The van der Waals surface area contributed by atoms with Crippen LogP contribution in [0.4, 0.5) is 0 Å². The molecule has 0 bridgehead atoms. The predicted molar refractivity (Wildman–Crippen MR) is 33.0 cm³/mol. The van der Waals surface area contributed by atoms with Crippen LogP contribution >= 0.6 is 15.9 Å². The van der Waals surface area contributed by atoms with Crippen LogP contribution in [0.3, 0.4) is 0 Å². The molecule has 0 aliphatic carbocycles. The van der Waals surface area contributed by atoms with Gasteiger partial charge in [0.1, 0.15) is 0 Å². The van der Waals surface area contributed by atoms with E-state index < -0.39 is 0 Å². The van der Waals surface area contributed by atoms with Crippen LogP contribution in [0, 0.1) is 6.07 Å². The molecule has 1 aromatic rings. The van der Waals surface area contributed by atoms with Gasteiger partial charge in [-0.05, 0) is 0 Å². The molecule has 0 amide bonds. The van der Waals surface area contributed by atoms with E-state index in [2.05, 4.69) is 22.0 Å². The molecule has 1 aromatic carbocycles. The fourth-order valence-corrected chi connectivity index (χ4v) is 0.656. The SMILES string of the molecule is Brc1c[c-]ccc1.[Rb+]. The zero-order chi connectivity index (χ0) is 5.11. The van der Waals surface area contributed by atoms with Gasteiger partial charge in [-0.3, -0.25) is 0 Å². The molecule has 0 heterocycles. The van der Waals surface area contributed by atoms with E-state index in [4.69, 9.17) is 0 Å². The quantitative estimate of drug-likeness (QED) is 0.525. The van der Waals surface area contributed by atoms with Gasteiger partial charge in [-0.2, -0.15) is 30.3 Å². The number of halogens is 1. The Labute approximate surface area is 107 Å². The van der Waals surface area contributed by atoms with E-state index >= 15 is 0 Å². The first kappa shape index (κ1) is 9.51. The molecule has 0 fully saturated rings. The van der Waals surface area contributed by atoms with Gasteiger partial charge < -0.3 is 0 Å². The Balaban J connectivity index is 0.000000490. The Bertz CT molecular complexity index is 138. The summed E-state index contributed by atoms with van der Waals surface area (Å²) in [6.07, 6.45) is 0.